The number of ether oxygens (including phenoxy) is 1. The van der Waals surface area contributed by atoms with Gasteiger partial charge in [0.2, 0.25) is 5.92 Å². The molecule has 1 aliphatic heterocycles. The van der Waals surface area contributed by atoms with Gasteiger partial charge in [0.05, 0.1) is 13.2 Å². The summed E-state index contributed by atoms with van der Waals surface area (Å²) in [6.45, 7) is 1.99. The molecule has 1 heterocycles. The Morgan fingerprint density at radius 3 is 2.89 bits per heavy atom. The largest absolute Gasteiger partial charge is 0.379 e. The molecular weight excluding hydrogens is 240 g/mol. The summed E-state index contributed by atoms with van der Waals surface area (Å²) < 4.78 is 31.7. The van der Waals surface area contributed by atoms with Crippen LogP contribution in [0.4, 0.5) is 8.78 Å². The molecule has 1 saturated heterocycles. The lowest BCUT2D eigenvalue weighted by Gasteiger charge is -2.29. The summed E-state index contributed by atoms with van der Waals surface area (Å²) in [5.74, 6) is -2.61. The number of carbonyl (C=O) groups is 1. The summed E-state index contributed by atoms with van der Waals surface area (Å²) in [4.78, 5) is 11.9. The third-order valence-electron chi connectivity index (χ3n) is 3.73. The molecule has 1 N–H and O–H groups in total. The lowest BCUT2D eigenvalue weighted by Crippen LogP contribution is -2.42. The van der Waals surface area contributed by atoms with E-state index in [0.717, 1.165) is 13.0 Å². The van der Waals surface area contributed by atoms with E-state index in [1.807, 2.05) is 0 Å². The van der Waals surface area contributed by atoms with Gasteiger partial charge in [0.25, 0.3) is 0 Å². The fraction of sp³-hybridized carbons (Fsp3) is 0.923. The van der Waals surface area contributed by atoms with E-state index in [9.17, 15) is 13.6 Å². The monoisotopic (exact) mass is 261 g/mol. The second kappa shape index (κ2) is 6.06. The van der Waals surface area contributed by atoms with Crippen LogP contribution < -0.4 is 5.32 Å². The van der Waals surface area contributed by atoms with Crippen LogP contribution in [0.5, 0.6) is 0 Å². The molecule has 1 saturated carbocycles. The Bertz CT molecular complexity index is 291. The van der Waals surface area contributed by atoms with Crippen LogP contribution in [0.15, 0.2) is 0 Å². The number of nitrogens with one attached hydrogen (secondary N) is 1. The Labute approximate surface area is 106 Å². The molecule has 2 aliphatic rings. The van der Waals surface area contributed by atoms with Gasteiger partial charge in [0, 0.05) is 38.3 Å². The molecule has 1 aliphatic carbocycles. The van der Waals surface area contributed by atoms with Crippen molar-refractivity contribution in [2.45, 2.75) is 50.5 Å². The number of carbonyl (C=O) groups excluding carboxylic acids is 1. The molecule has 104 valence electrons. The van der Waals surface area contributed by atoms with E-state index >= 15 is 0 Å². The van der Waals surface area contributed by atoms with Gasteiger partial charge >= 0.3 is 0 Å². The first kappa shape index (κ1) is 13.9. The second-order valence-electron chi connectivity index (χ2n) is 5.49. The summed E-state index contributed by atoms with van der Waals surface area (Å²) in [6, 6.07) is 0.0651. The zero-order valence-electron chi connectivity index (χ0n) is 10.6. The molecule has 0 spiro atoms. The molecule has 3 nitrogen and oxygen atoms in total. The number of ketones is 1. The number of hydrogen-bond acceptors (Lipinski definition) is 3. The molecule has 0 aromatic heterocycles. The quantitative estimate of drug-likeness (QED) is 0.842. The van der Waals surface area contributed by atoms with Gasteiger partial charge in [-0.3, -0.25) is 4.79 Å². The van der Waals surface area contributed by atoms with Gasteiger partial charge in [0.1, 0.15) is 5.78 Å². The maximum Gasteiger partial charge on any atom is 0.248 e. The normalized spacial score (nSPS) is 32.1. The predicted molar refractivity (Wildman–Crippen MR) is 63.8 cm³/mol. The number of halogens is 2. The van der Waals surface area contributed by atoms with Gasteiger partial charge < -0.3 is 10.1 Å². The first-order chi connectivity index (χ1) is 8.55. The molecule has 0 aromatic carbocycles. The van der Waals surface area contributed by atoms with Gasteiger partial charge in [-0.05, 0) is 18.8 Å². The molecule has 0 amide bonds. The maximum atomic E-state index is 13.2. The topological polar surface area (TPSA) is 38.3 Å². The molecule has 5 heteroatoms. The van der Waals surface area contributed by atoms with Crippen LogP contribution in [-0.2, 0) is 9.53 Å². The Balaban J connectivity index is 1.73. The third kappa shape index (κ3) is 4.28. The number of morpholine rings is 1. The highest BCUT2D eigenvalue weighted by Gasteiger charge is 2.36. The Morgan fingerprint density at radius 2 is 2.22 bits per heavy atom. The van der Waals surface area contributed by atoms with Crippen LogP contribution in [0.1, 0.15) is 38.5 Å². The molecule has 0 bridgehead atoms. The van der Waals surface area contributed by atoms with Crippen molar-refractivity contribution in [1.29, 1.82) is 0 Å². The summed E-state index contributed by atoms with van der Waals surface area (Å²) in [6.07, 6.45) is 1.87. The van der Waals surface area contributed by atoms with Crippen molar-refractivity contribution in [3.63, 3.8) is 0 Å². The van der Waals surface area contributed by atoms with E-state index in [1.54, 1.807) is 0 Å². The van der Waals surface area contributed by atoms with Crippen molar-refractivity contribution in [2.24, 2.45) is 5.92 Å². The molecule has 0 aromatic rings. The predicted octanol–water partition coefficient (Wildman–Crippen LogP) is 2.15. The fourth-order valence-electron chi connectivity index (χ4n) is 2.88. The molecule has 0 radical (unpaired) electrons. The Kier molecular flexibility index (Phi) is 4.67. The lowest BCUT2D eigenvalue weighted by molar-refractivity contribution is -0.122. The van der Waals surface area contributed by atoms with Crippen LogP contribution in [0.3, 0.4) is 0 Å². The Morgan fingerprint density at radius 1 is 1.39 bits per heavy atom. The summed E-state index contributed by atoms with van der Waals surface area (Å²) in [5.41, 5.74) is 0. The zero-order chi connectivity index (χ0) is 13.0. The molecule has 2 unspecified atom stereocenters. The van der Waals surface area contributed by atoms with E-state index < -0.39 is 5.92 Å². The maximum absolute atomic E-state index is 13.2. The van der Waals surface area contributed by atoms with Crippen molar-refractivity contribution < 1.29 is 18.3 Å². The summed E-state index contributed by atoms with van der Waals surface area (Å²) in [5, 5.41) is 3.21. The standard InChI is InChI=1S/C13H21F2NO2/c14-13(15)3-1-2-10(8-13)6-12(17)7-11-9-18-5-4-16-11/h10-11,16H,1-9H2. The van der Waals surface area contributed by atoms with Gasteiger partial charge in [0.15, 0.2) is 0 Å². The first-order valence-corrected chi connectivity index (χ1v) is 6.76. The number of rotatable bonds is 4. The number of hydrogen-bond donors (Lipinski definition) is 1. The van der Waals surface area contributed by atoms with Gasteiger partial charge in [-0.2, -0.15) is 0 Å². The fourth-order valence-corrected chi connectivity index (χ4v) is 2.88. The number of alkyl halides is 2. The van der Waals surface area contributed by atoms with Gasteiger partial charge in [-0.25, -0.2) is 8.78 Å². The van der Waals surface area contributed by atoms with E-state index in [-0.39, 0.29) is 30.6 Å². The lowest BCUT2D eigenvalue weighted by atomic mass is 9.83. The van der Waals surface area contributed by atoms with Crippen molar-refractivity contribution in [2.75, 3.05) is 19.8 Å². The highest BCUT2D eigenvalue weighted by molar-refractivity contribution is 5.79. The van der Waals surface area contributed by atoms with E-state index in [0.29, 0.717) is 32.5 Å². The summed E-state index contributed by atoms with van der Waals surface area (Å²) >= 11 is 0. The van der Waals surface area contributed by atoms with Gasteiger partial charge in [-0.15, -0.1) is 0 Å². The third-order valence-corrected chi connectivity index (χ3v) is 3.73. The minimum atomic E-state index is -2.56. The van der Waals surface area contributed by atoms with Crippen LogP contribution in [-0.4, -0.2) is 37.5 Å². The molecule has 2 rings (SSSR count). The Hall–Kier alpha value is -0.550. The number of Topliss-reactive ketones (excluding diaryl/α,β-unsaturated/α-hetero) is 1. The minimum Gasteiger partial charge on any atom is -0.379 e. The van der Waals surface area contributed by atoms with Crippen LogP contribution in [0.25, 0.3) is 0 Å². The van der Waals surface area contributed by atoms with Crippen LogP contribution in [0, 0.1) is 5.92 Å². The molecule has 18 heavy (non-hydrogen) atoms. The average Bonchev–Trinajstić information content (AvgIpc) is 2.28. The highest BCUT2D eigenvalue weighted by Crippen LogP contribution is 2.38. The van der Waals surface area contributed by atoms with Crippen molar-refractivity contribution in [3.05, 3.63) is 0 Å². The smallest absolute Gasteiger partial charge is 0.248 e. The van der Waals surface area contributed by atoms with Crippen molar-refractivity contribution in [3.8, 4) is 0 Å². The average molecular weight is 261 g/mol. The minimum absolute atomic E-state index is 0.0181. The SMILES string of the molecule is O=C(CC1CCCC(F)(F)C1)CC1COCCN1. The summed E-state index contributed by atoms with van der Waals surface area (Å²) in [7, 11) is 0. The van der Waals surface area contributed by atoms with Crippen LogP contribution >= 0.6 is 0 Å². The second-order valence-corrected chi connectivity index (χ2v) is 5.49. The van der Waals surface area contributed by atoms with Crippen LogP contribution in [0.2, 0.25) is 0 Å². The molecule has 2 atom stereocenters. The van der Waals surface area contributed by atoms with Crippen molar-refractivity contribution >= 4 is 5.78 Å². The van der Waals surface area contributed by atoms with E-state index in [2.05, 4.69) is 5.32 Å². The first-order valence-electron chi connectivity index (χ1n) is 6.76. The van der Waals surface area contributed by atoms with E-state index in [1.165, 1.54) is 0 Å². The van der Waals surface area contributed by atoms with E-state index in [4.69, 9.17) is 4.74 Å². The molecular formula is C13H21F2NO2. The van der Waals surface area contributed by atoms with Crippen molar-refractivity contribution in [1.82, 2.24) is 5.32 Å². The highest BCUT2D eigenvalue weighted by atomic mass is 19.3. The van der Waals surface area contributed by atoms with Gasteiger partial charge in [-0.1, -0.05) is 0 Å². The molecule has 2 fully saturated rings. The zero-order valence-corrected chi connectivity index (χ0v) is 10.6.